The Morgan fingerprint density at radius 1 is 1.33 bits per heavy atom. The van der Waals surface area contributed by atoms with Crippen LogP contribution in [0.2, 0.25) is 0 Å². The molecule has 1 aliphatic carbocycles. The predicted molar refractivity (Wildman–Crippen MR) is 67.8 cm³/mol. The summed E-state index contributed by atoms with van der Waals surface area (Å²) in [6.07, 6.45) is 5.05. The van der Waals surface area contributed by atoms with E-state index in [1.165, 1.54) is 24.8 Å². The van der Waals surface area contributed by atoms with Crippen molar-refractivity contribution in [3.05, 3.63) is 34.3 Å². The predicted octanol–water partition coefficient (Wildman–Crippen LogP) is 3.51. The third-order valence-corrected chi connectivity index (χ3v) is 4.21. The van der Waals surface area contributed by atoms with Crippen molar-refractivity contribution in [2.75, 3.05) is 0 Å². The second kappa shape index (κ2) is 4.26. The Morgan fingerprint density at radius 2 is 1.93 bits per heavy atom. The fraction of sp³-hybridized carbons (Fsp3) is 0.538. The SMILES string of the molecule is CC(N)C1(CCc2ccc(Br)cc2)CC1. The van der Waals surface area contributed by atoms with Crippen LogP contribution in [0.5, 0.6) is 0 Å². The summed E-state index contributed by atoms with van der Waals surface area (Å²) in [6, 6.07) is 8.97. The molecule has 1 aromatic rings. The van der Waals surface area contributed by atoms with Crippen molar-refractivity contribution >= 4 is 15.9 Å². The average Bonchev–Trinajstić information content (AvgIpc) is 2.98. The van der Waals surface area contributed by atoms with Crippen molar-refractivity contribution in [2.45, 2.75) is 38.6 Å². The van der Waals surface area contributed by atoms with Crippen molar-refractivity contribution in [3.63, 3.8) is 0 Å². The van der Waals surface area contributed by atoms with Gasteiger partial charge in [-0.3, -0.25) is 0 Å². The number of aryl methyl sites for hydroxylation is 1. The third kappa shape index (κ3) is 2.61. The van der Waals surface area contributed by atoms with Gasteiger partial charge >= 0.3 is 0 Å². The van der Waals surface area contributed by atoms with Crippen LogP contribution in [0.3, 0.4) is 0 Å². The summed E-state index contributed by atoms with van der Waals surface area (Å²) in [5.74, 6) is 0. The molecule has 0 saturated heterocycles. The maximum atomic E-state index is 6.01. The number of rotatable bonds is 4. The van der Waals surface area contributed by atoms with E-state index < -0.39 is 0 Å². The summed E-state index contributed by atoms with van der Waals surface area (Å²) < 4.78 is 1.15. The molecule has 2 N–H and O–H groups in total. The van der Waals surface area contributed by atoms with E-state index in [1.54, 1.807) is 0 Å². The molecule has 0 aromatic heterocycles. The molecule has 1 aliphatic rings. The van der Waals surface area contributed by atoms with Gasteiger partial charge in [0.1, 0.15) is 0 Å². The Morgan fingerprint density at radius 3 is 2.40 bits per heavy atom. The molecule has 0 spiro atoms. The minimum absolute atomic E-state index is 0.355. The highest BCUT2D eigenvalue weighted by molar-refractivity contribution is 9.10. The molecular formula is C13H18BrN. The number of halogens is 1. The standard InChI is InChI=1S/C13H18BrN/c1-10(15)13(8-9-13)7-6-11-2-4-12(14)5-3-11/h2-5,10H,6-9,15H2,1H3. The zero-order valence-corrected chi connectivity index (χ0v) is 10.8. The van der Waals surface area contributed by atoms with Crippen LogP contribution in [-0.2, 0) is 6.42 Å². The molecule has 0 bridgehead atoms. The first kappa shape index (κ1) is 11.2. The van der Waals surface area contributed by atoms with Gasteiger partial charge in [0.05, 0.1) is 0 Å². The van der Waals surface area contributed by atoms with Gasteiger partial charge < -0.3 is 5.73 Å². The topological polar surface area (TPSA) is 26.0 Å². The quantitative estimate of drug-likeness (QED) is 0.888. The first-order chi connectivity index (χ1) is 7.12. The Bertz CT molecular complexity index is 325. The minimum atomic E-state index is 0.355. The highest BCUT2D eigenvalue weighted by Gasteiger charge is 2.44. The van der Waals surface area contributed by atoms with Gasteiger partial charge in [-0.1, -0.05) is 28.1 Å². The van der Waals surface area contributed by atoms with Gasteiger partial charge in [-0.05, 0) is 55.7 Å². The van der Waals surface area contributed by atoms with Crippen molar-refractivity contribution in [3.8, 4) is 0 Å². The molecule has 1 atom stereocenters. The lowest BCUT2D eigenvalue weighted by Gasteiger charge is -2.19. The summed E-state index contributed by atoms with van der Waals surface area (Å²) in [7, 11) is 0. The zero-order chi connectivity index (χ0) is 10.9. The molecule has 0 amide bonds. The second-order valence-electron chi connectivity index (χ2n) is 4.78. The van der Waals surface area contributed by atoms with Gasteiger partial charge in [-0.25, -0.2) is 0 Å². The van der Waals surface area contributed by atoms with Crippen molar-refractivity contribution < 1.29 is 0 Å². The van der Waals surface area contributed by atoms with Crippen LogP contribution in [0.1, 0.15) is 31.7 Å². The molecule has 2 heteroatoms. The van der Waals surface area contributed by atoms with Crippen LogP contribution >= 0.6 is 15.9 Å². The molecule has 1 aromatic carbocycles. The molecule has 0 radical (unpaired) electrons. The summed E-state index contributed by atoms with van der Waals surface area (Å²) in [6.45, 7) is 2.15. The van der Waals surface area contributed by atoms with Crippen LogP contribution in [0.4, 0.5) is 0 Å². The van der Waals surface area contributed by atoms with E-state index in [9.17, 15) is 0 Å². The monoisotopic (exact) mass is 267 g/mol. The zero-order valence-electron chi connectivity index (χ0n) is 9.17. The van der Waals surface area contributed by atoms with Gasteiger partial charge in [0.2, 0.25) is 0 Å². The highest BCUT2D eigenvalue weighted by atomic mass is 79.9. The molecule has 0 aliphatic heterocycles. The van der Waals surface area contributed by atoms with E-state index in [1.807, 2.05) is 0 Å². The molecule has 1 fully saturated rings. The lowest BCUT2D eigenvalue weighted by Crippen LogP contribution is -2.28. The molecule has 82 valence electrons. The second-order valence-corrected chi connectivity index (χ2v) is 5.69. The number of hydrogen-bond acceptors (Lipinski definition) is 1. The van der Waals surface area contributed by atoms with Crippen LogP contribution < -0.4 is 5.73 Å². The van der Waals surface area contributed by atoms with E-state index in [4.69, 9.17) is 5.73 Å². The van der Waals surface area contributed by atoms with Gasteiger partial charge in [0, 0.05) is 10.5 Å². The van der Waals surface area contributed by atoms with Gasteiger partial charge in [-0.15, -0.1) is 0 Å². The van der Waals surface area contributed by atoms with Crippen molar-refractivity contribution in [1.82, 2.24) is 0 Å². The van der Waals surface area contributed by atoms with E-state index in [2.05, 4.69) is 47.1 Å². The smallest absolute Gasteiger partial charge is 0.0175 e. The third-order valence-electron chi connectivity index (χ3n) is 3.68. The first-order valence-corrected chi connectivity index (χ1v) is 6.42. The average molecular weight is 268 g/mol. The fourth-order valence-electron chi connectivity index (χ4n) is 2.14. The molecule has 1 nitrogen and oxygen atoms in total. The minimum Gasteiger partial charge on any atom is -0.327 e. The first-order valence-electron chi connectivity index (χ1n) is 5.62. The highest BCUT2D eigenvalue weighted by Crippen LogP contribution is 2.51. The number of hydrogen-bond donors (Lipinski definition) is 1. The molecule has 0 heterocycles. The maximum Gasteiger partial charge on any atom is 0.0175 e. The van der Waals surface area contributed by atoms with E-state index in [-0.39, 0.29) is 0 Å². The molecular weight excluding hydrogens is 250 g/mol. The summed E-state index contributed by atoms with van der Waals surface area (Å²) >= 11 is 3.45. The fourth-order valence-corrected chi connectivity index (χ4v) is 2.40. The number of benzene rings is 1. The normalized spacial score (nSPS) is 19.9. The number of nitrogens with two attached hydrogens (primary N) is 1. The molecule has 2 rings (SSSR count). The Labute approximate surface area is 100 Å². The van der Waals surface area contributed by atoms with Crippen LogP contribution in [-0.4, -0.2) is 6.04 Å². The largest absolute Gasteiger partial charge is 0.327 e. The molecule has 1 saturated carbocycles. The van der Waals surface area contributed by atoms with E-state index in [0.717, 1.165) is 10.9 Å². The van der Waals surface area contributed by atoms with Gasteiger partial charge in [-0.2, -0.15) is 0 Å². The van der Waals surface area contributed by atoms with E-state index >= 15 is 0 Å². The van der Waals surface area contributed by atoms with Gasteiger partial charge in [0.25, 0.3) is 0 Å². The van der Waals surface area contributed by atoms with Gasteiger partial charge in [0.15, 0.2) is 0 Å². The summed E-state index contributed by atoms with van der Waals surface area (Å²) in [5.41, 5.74) is 7.90. The van der Waals surface area contributed by atoms with Crippen molar-refractivity contribution in [2.24, 2.45) is 11.1 Å². The lowest BCUT2D eigenvalue weighted by molar-refractivity contribution is 0.390. The van der Waals surface area contributed by atoms with Crippen LogP contribution in [0.15, 0.2) is 28.7 Å². The van der Waals surface area contributed by atoms with Crippen molar-refractivity contribution in [1.29, 1.82) is 0 Å². The maximum absolute atomic E-state index is 6.01. The Balaban J connectivity index is 1.91. The van der Waals surface area contributed by atoms with Crippen LogP contribution in [0.25, 0.3) is 0 Å². The summed E-state index contributed by atoms with van der Waals surface area (Å²) in [4.78, 5) is 0. The Kier molecular flexibility index (Phi) is 3.17. The summed E-state index contributed by atoms with van der Waals surface area (Å²) in [5, 5.41) is 0. The lowest BCUT2D eigenvalue weighted by atomic mass is 9.91. The van der Waals surface area contributed by atoms with Crippen LogP contribution in [0, 0.1) is 5.41 Å². The Hall–Kier alpha value is -0.340. The molecule has 15 heavy (non-hydrogen) atoms. The van der Waals surface area contributed by atoms with E-state index in [0.29, 0.717) is 11.5 Å². The molecule has 1 unspecified atom stereocenters.